The molecule has 1 aliphatic carbocycles. The predicted molar refractivity (Wildman–Crippen MR) is 127 cm³/mol. The number of aromatic nitrogens is 2. The average molecular weight is 548 g/mol. The zero-order valence-corrected chi connectivity index (χ0v) is 21.3. The van der Waals surface area contributed by atoms with Crippen LogP contribution in [0.1, 0.15) is 57.9 Å². The summed E-state index contributed by atoms with van der Waals surface area (Å²) < 4.78 is 83.8. The highest BCUT2D eigenvalue weighted by Gasteiger charge is 2.32. The van der Waals surface area contributed by atoms with Gasteiger partial charge in [0.15, 0.2) is 0 Å². The van der Waals surface area contributed by atoms with Gasteiger partial charge in [-0.3, -0.25) is 0 Å². The number of benzene rings is 1. The van der Waals surface area contributed by atoms with Gasteiger partial charge in [-0.05, 0) is 69.7 Å². The second-order valence-corrected chi connectivity index (χ2v) is 11.0. The average Bonchev–Trinajstić information content (AvgIpc) is 3.21. The molecule has 1 saturated carbocycles. The summed E-state index contributed by atoms with van der Waals surface area (Å²) in [5, 5.41) is 4.90. The molecule has 3 N–H and O–H groups in total. The minimum Gasteiger partial charge on any atom is -0.446 e. The van der Waals surface area contributed by atoms with E-state index in [1.807, 2.05) is 0 Å². The number of alkyl halides is 3. The van der Waals surface area contributed by atoms with E-state index in [4.69, 9.17) is 4.74 Å². The molecule has 1 amide bonds. The summed E-state index contributed by atoms with van der Waals surface area (Å²) in [5.41, 5.74) is 0.764. The van der Waals surface area contributed by atoms with Crippen molar-refractivity contribution >= 4 is 27.8 Å². The van der Waals surface area contributed by atoms with Gasteiger partial charge in [0.2, 0.25) is 16.0 Å². The maximum absolute atomic E-state index is 14.5. The molecule has 1 aromatic carbocycles. The molecular formula is C23H29F4N5O4S. The lowest BCUT2D eigenvalue weighted by Gasteiger charge is -2.18. The van der Waals surface area contributed by atoms with E-state index in [9.17, 15) is 30.8 Å². The lowest BCUT2D eigenvalue weighted by Crippen LogP contribution is -2.37. The van der Waals surface area contributed by atoms with Gasteiger partial charge < -0.3 is 15.4 Å². The van der Waals surface area contributed by atoms with Crippen LogP contribution in [-0.4, -0.2) is 48.8 Å². The van der Waals surface area contributed by atoms with Crippen molar-refractivity contribution in [2.24, 2.45) is 0 Å². The van der Waals surface area contributed by atoms with Crippen LogP contribution < -0.4 is 15.4 Å². The molecule has 0 unspecified atom stereocenters. The molecule has 1 aliphatic rings. The minimum atomic E-state index is -4.38. The summed E-state index contributed by atoms with van der Waals surface area (Å²) in [6.45, 7) is 4.57. The van der Waals surface area contributed by atoms with Crippen LogP contribution >= 0.6 is 0 Å². The third kappa shape index (κ3) is 8.52. The monoisotopic (exact) mass is 547 g/mol. The number of nitrogens with one attached hydrogen (secondary N) is 3. The summed E-state index contributed by atoms with van der Waals surface area (Å²) in [4.78, 5) is 20.1. The maximum atomic E-state index is 14.5. The van der Waals surface area contributed by atoms with Crippen molar-refractivity contribution in [3.63, 3.8) is 0 Å². The first-order chi connectivity index (χ1) is 17.2. The Bertz CT molecular complexity index is 1190. The Morgan fingerprint density at radius 3 is 2.43 bits per heavy atom. The SMILES string of the molecule is CC(C)NS(=O)(=O)c1ccc(Nc2ncc([C@@H]3CC[C@H](OC(=O)N[C@@H](C)CC(F)(F)F)C3)cn2)c(F)c1. The predicted octanol–water partition coefficient (Wildman–Crippen LogP) is 4.75. The Balaban J connectivity index is 1.54. The second-order valence-electron chi connectivity index (χ2n) is 9.28. The third-order valence-corrected chi connectivity index (χ3v) is 7.25. The molecule has 0 aliphatic heterocycles. The van der Waals surface area contributed by atoms with Crippen molar-refractivity contribution in [2.75, 3.05) is 5.32 Å². The lowest BCUT2D eigenvalue weighted by atomic mass is 10.0. The number of amides is 1. The van der Waals surface area contributed by atoms with Crippen molar-refractivity contribution in [1.29, 1.82) is 0 Å². The van der Waals surface area contributed by atoms with Gasteiger partial charge in [-0.2, -0.15) is 13.2 Å². The Hall–Kier alpha value is -3.00. The summed E-state index contributed by atoms with van der Waals surface area (Å²) >= 11 is 0. The van der Waals surface area contributed by atoms with Gasteiger partial charge in [-0.25, -0.2) is 32.3 Å². The third-order valence-electron chi connectivity index (χ3n) is 5.59. The Labute approximate surface area is 212 Å². The molecule has 37 heavy (non-hydrogen) atoms. The van der Waals surface area contributed by atoms with Crippen LogP contribution in [0.25, 0.3) is 0 Å². The molecule has 0 spiro atoms. The lowest BCUT2D eigenvalue weighted by molar-refractivity contribution is -0.138. The van der Waals surface area contributed by atoms with Crippen LogP contribution in [0.2, 0.25) is 0 Å². The molecule has 3 atom stereocenters. The first-order valence-electron chi connectivity index (χ1n) is 11.7. The topological polar surface area (TPSA) is 122 Å². The van der Waals surface area contributed by atoms with E-state index in [0.29, 0.717) is 19.3 Å². The number of sulfonamides is 1. The summed E-state index contributed by atoms with van der Waals surface area (Å²) in [7, 11) is -3.84. The van der Waals surface area contributed by atoms with Crippen molar-refractivity contribution in [3.8, 4) is 0 Å². The number of alkyl carbamates (subject to hydrolysis) is 1. The van der Waals surface area contributed by atoms with Gasteiger partial charge in [-0.15, -0.1) is 0 Å². The van der Waals surface area contributed by atoms with Gasteiger partial charge in [-0.1, -0.05) is 0 Å². The van der Waals surface area contributed by atoms with Gasteiger partial charge in [0.25, 0.3) is 0 Å². The summed E-state index contributed by atoms with van der Waals surface area (Å²) in [6, 6.07) is 2.01. The second kappa shape index (κ2) is 11.6. The number of hydrogen-bond acceptors (Lipinski definition) is 7. The van der Waals surface area contributed by atoms with Crippen LogP contribution in [-0.2, 0) is 14.8 Å². The van der Waals surface area contributed by atoms with Crippen LogP contribution in [0.4, 0.5) is 34.0 Å². The highest BCUT2D eigenvalue weighted by atomic mass is 32.2. The Kier molecular flexibility index (Phi) is 8.95. The molecule has 1 heterocycles. The molecule has 9 nitrogen and oxygen atoms in total. The van der Waals surface area contributed by atoms with Crippen molar-refractivity contribution in [2.45, 2.75) is 81.6 Å². The first-order valence-corrected chi connectivity index (χ1v) is 13.1. The number of rotatable bonds is 9. The largest absolute Gasteiger partial charge is 0.446 e. The molecule has 204 valence electrons. The number of carbonyl (C=O) groups is 1. The quantitative estimate of drug-likeness (QED) is 0.387. The smallest absolute Gasteiger partial charge is 0.407 e. The molecule has 1 aromatic heterocycles. The molecular weight excluding hydrogens is 518 g/mol. The fourth-order valence-electron chi connectivity index (χ4n) is 4.01. The molecule has 0 saturated heterocycles. The fraction of sp³-hybridized carbons (Fsp3) is 0.522. The molecule has 2 aromatic rings. The van der Waals surface area contributed by atoms with E-state index in [1.54, 1.807) is 26.2 Å². The van der Waals surface area contributed by atoms with E-state index in [1.165, 1.54) is 19.1 Å². The molecule has 0 radical (unpaired) electrons. The van der Waals surface area contributed by atoms with Crippen molar-refractivity contribution in [3.05, 3.63) is 42.0 Å². The molecule has 3 rings (SSSR count). The van der Waals surface area contributed by atoms with Crippen LogP contribution in [0, 0.1) is 5.82 Å². The normalized spacial score (nSPS) is 19.0. The standard InChI is InChI=1S/C23H29F4N5O4S/c1-13(2)32-37(34,35)18-6-7-20(19(24)9-18)31-21-28-11-16(12-29-21)15-4-5-17(8-15)36-22(33)30-14(3)10-23(25,26)27/h6-7,9,11-15,17,32H,4-5,8,10H2,1-3H3,(H,30,33)(H,28,29,31)/t14-,15+,17-/m0/s1. The zero-order valence-electron chi connectivity index (χ0n) is 20.5. The Morgan fingerprint density at radius 2 is 1.84 bits per heavy atom. The van der Waals surface area contributed by atoms with Crippen LogP contribution in [0.3, 0.4) is 0 Å². The maximum Gasteiger partial charge on any atom is 0.407 e. The first kappa shape index (κ1) is 28.6. The highest BCUT2D eigenvalue weighted by molar-refractivity contribution is 7.89. The van der Waals surface area contributed by atoms with E-state index < -0.39 is 46.7 Å². The number of carbonyl (C=O) groups excluding carboxylic acids is 1. The van der Waals surface area contributed by atoms with Crippen molar-refractivity contribution < 1.29 is 35.5 Å². The summed E-state index contributed by atoms with van der Waals surface area (Å²) in [6.07, 6.45) is -2.09. The van der Waals surface area contributed by atoms with Gasteiger partial charge >= 0.3 is 12.3 Å². The zero-order chi connectivity index (χ0) is 27.4. The van der Waals surface area contributed by atoms with E-state index in [-0.39, 0.29) is 28.5 Å². The summed E-state index contributed by atoms with van der Waals surface area (Å²) in [5.74, 6) is -0.713. The minimum absolute atomic E-state index is 0.00339. The number of ether oxygens (including phenoxy) is 1. The van der Waals surface area contributed by atoms with E-state index in [0.717, 1.165) is 11.6 Å². The van der Waals surface area contributed by atoms with Gasteiger partial charge in [0.05, 0.1) is 17.0 Å². The van der Waals surface area contributed by atoms with Gasteiger partial charge in [0, 0.05) is 24.5 Å². The number of nitrogens with zero attached hydrogens (tertiary/aromatic N) is 2. The Morgan fingerprint density at radius 1 is 1.16 bits per heavy atom. The number of hydrogen-bond donors (Lipinski definition) is 3. The van der Waals surface area contributed by atoms with Gasteiger partial charge in [0.1, 0.15) is 11.9 Å². The van der Waals surface area contributed by atoms with Crippen LogP contribution in [0.5, 0.6) is 0 Å². The highest BCUT2D eigenvalue weighted by Crippen LogP contribution is 2.36. The number of anilines is 2. The molecule has 1 fully saturated rings. The number of halogens is 4. The van der Waals surface area contributed by atoms with E-state index >= 15 is 0 Å². The van der Waals surface area contributed by atoms with E-state index in [2.05, 4.69) is 25.3 Å². The molecule has 14 heteroatoms. The van der Waals surface area contributed by atoms with Crippen molar-refractivity contribution in [1.82, 2.24) is 20.0 Å². The molecule has 0 bridgehead atoms. The van der Waals surface area contributed by atoms with Crippen LogP contribution in [0.15, 0.2) is 35.5 Å². The fourth-order valence-corrected chi connectivity index (χ4v) is 5.27.